The van der Waals surface area contributed by atoms with E-state index in [1.807, 2.05) is 6.92 Å². The zero-order chi connectivity index (χ0) is 21.2. The largest absolute Gasteiger partial charge is 0.417 e. The molecule has 0 spiro atoms. The van der Waals surface area contributed by atoms with Crippen LogP contribution in [0.1, 0.15) is 34.0 Å². The lowest BCUT2D eigenvalue weighted by Crippen LogP contribution is -2.25. The van der Waals surface area contributed by atoms with Crippen molar-refractivity contribution in [2.75, 3.05) is 5.75 Å². The molecule has 2 aromatic heterocycles. The number of rotatable bonds is 5. The van der Waals surface area contributed by atoms with Crippen LogP contribution in [0.15, 0.2) is 41.6 Å². The van der Waals surface area contributed by atoms with Crippen LogP contribution in [0.3, 0.4) is 0 Å². The molecule has 1 aromatic carbocycles. The van der Waals surface area contributed by atoms with Gasteiger partial charge in [-0.3, -0.25) is 9.78 Å². The number of aryl methyl sites for hydroxylation is 1. The van der Waals surface area contributed by atoms with Crippen LogP contribution in [0.25, 0.3) is 11.0 Å². The molecule has 0 bridgehead atoms. The third kappa shape index (κ3) is 4.67. The number of nitrogens with zero attached hydrogens (tertiary/aromatic N) is 2. The Morgan fingerprint density at radius 3 is 2.52 bits per heavy atom. The van der Waals surface area contributed by atoms with Crippen LogP contribution >= 0.6 is 11.8 Å². The Labute approximate surface area is 168 Å². The molecule has 152 valence electrons. The first-order valence-electron chi connectivity index (χ1n) is 8.73. The molecule has 0 saturated heterocycles. The highest BCUT2D eigenvalue weighted by Crippen LogP contribution is 2.33. The molecular weight excluding hydrogens is 406 g/mol. The summed E-state index contributed by atoms with van der Waals surface area (Å²) >= 11 is 1.27. The highest BCUT2D eigenvalue weighted by Gasteiger charge is 2.32. The average Bonchev–Trinajstić information content (AvgIpc) is 2.66. The summed E-state index contributed by atoms with van der Waals surface area (Å²) in [5, 5.41) is 3.09. The molecule has 3 aromatic rings. The molecule has 0 aliphatic rings. The number of pyridine rings is 2. The van der Waals surface area contributed by atoms with Crippen molar-refractivity contribution in [3.05, 3.63) is 64.6 Å². The molecule has 0 atom stereocenters. The summed E-state index contributed by atoms with van der Waals surface area (Å²) < 4.78 is 52.0. The summed E-state index contributed by atoms with van der Waals surface area (Å²) in [5.74, 6) is -0.206. The van der Waals surface area contributed by atoms with E-state index in [1.165, 1.54) is 23.9 Å². The Morgan fingerprint density at radius 2 is 1.90 bits per heavy atom. The van der Waals surface area contributed by atoms with E-state index in [0.717, 1.165) is 12.3 Å². The van der Waals surface area contributed by atoms with Crippen molar-refractivity contribution in [3.63, 3.8) is 0 Å². The predicted octanol–water partition coefficient (Wildman–Crippen LogP) is 5.14. The van der Waals surface area contributed by atoms with Crippen LogP contribution in [0.4, 0.5) is 17.6 Å². The van der Waals surface area contributed by atoms with E-state index in [0.29, 0.717) is 21.9 Å². The lowest BCUT2D eigenvalue weighted by atomic mass is 10.1. The summed E-state index contributed by atoms with van der Waals surface area (Å²) in [5.41, 5.74) is 0.880. The monoisotopic (exact) mass is 423 g/mol. The Bertz CT molecular complexity index is 1050. The van der Waals surface area contributed by atoms with E-state index in [2.05, 4.69) is 15.3 Å². The van der Waals surface area contributed by atoms with Crippen LogP contribution in [0, 0.1) is 12.7 Å². The van der Waals surface area contributed by atoms with Crippen molar-refractivity contribution in [1.29, 1.82) is 0 Å². The van der Waals surface area contributed by atoms with E-state index in [4.69, 9.17) is 0 Å². The van der Waals surface area contributed by atoms with Crippen molar-refractivity contribution in [1.82, 2.24) is 15.3 Å². The van der Waals surface area contributed by atoms with Gasteiger partial charge in [0.2, 0.25) is 0 Å². The summed E-state index contributed by atoms with van der Waals surface area (Å²) in [4.78, 5) is 21.0. The number of hydrogen-bond acceptors (Lipinski definition) is 4. The highest BCUT2D eigenvalue weighted by molar-refractivity contribution is 7.99. The van der Waals surface area contributed by atoms with Crippen LogP contribution in [0.5, 0.6) is 0 Å². The second-order valence-electron chi connectivity index (χ2n) is 6.25. The molecule has 0 unspecified atom stereocenters. The first-order chi connectivity index (χ1) is 13.7. The quantitative estimate of drug-likeness (QED) is 0.456. The SMILES string of the molecule is CCSc1nc2cc(C(F)(F)F)cnc2c(C)c1C(=O)NCc1ccc(F)cc1. The number of thioether (sulfide) groups is 1. The van der Waals surface area contributed by atoms with Crippen LogP contribution in [0.2, 0.25) is 0 Å². The molecule has 4 nitrogen and oxygen atoms in total. The van der Waals surface area contributed by atoms with Gasteiger partial charge in [0.05, 0.1) is 22.2 Å². The van der Waals surface area contributed by atoms with Gasteiger partial charge in [0, 0.05) is 12.7 Å². The van der Waals surface area contributed by atoms with E-state index < -0.39 is 17.6 Å². The minimum atomic E-state index is -4.53. The molecule has 3 rings (SSSR count). The highest BCUT2D eigenvalue weighted by atomic mass is 32.2. The number of alkyl halides is 3. The average molecular weight is 423 g/mol. The first-order valence-corrected chi connectivity index (χ1v) is 9.72. The maximum atomic E-state index is 13.0. The van der Waals surface area contributed by atoms with Gasteiger partial charge in [-0.05, 0) is 42.0 Å². The summed E-state index contributed by atoms with van der Waals surface area (Å²) in [7, 11) is 0. The summed E-state index contributed by atoms with van der Waals surface area (Å²) in [6.07, 6.45) is -3.79. The number of carbonyl (C=O) groups is 1. The normalized spacial score (nSPS) is 11.7. The molecule has 0 saturated carbocycles. The van der Waals surface area contributed by atoms with Gasteiger partial charge in [-0.2, -0.15) is 13.2 Å². The molecule has 1 amide bonds. The molecule has 0 aliphatic carbocycles. The topological polar surface area (TPSA) is 54.9 Å². The van der Waals surface area contributed by atoms with Gasteiger partial charge in [0.15, 0.2) is 0 Å². The Kier molecular flexibility index (Phi) is 6.07. The number of nitrogens with one attached hydrogen (secondary N) is 1. The zero-order valence-electron chi connectivity index (χ0n) is 15.6. The second-order valence-corrected chi connectivity index (χ2v) is 7.50. The van der Waals surface area contributed by atoms with E-state index in [1.54, 1.807) is 19.1 Å². The number of fused-ring (bicyclic) bond motifs is 1. The number of hydrogen-bond donors (Lipinski definition) is 1. The molecule has 0 aliphatic heterocycles. The fraction of sp³-hybridized carbons (Fsp3) is 0.250. The van der Waals surface area contributed by atoms with Gasteiger partial charge >= 0.3 is 6.18 Å². The van der Waals surface area contributed by atoms with E-state index in [-0.39, 0.29) is 29.0 Å². The zero-order valence-corrected chi connectivity index (χ0v) is 16.4. The standard InChI is InChI=1S/C20H17F4N3OS/c1-3-29-19-16(18(28)26-9-12-4-6-14(21)7-5-12)11(2)17-15(27-19)8-13(10-25-17)20(22,23)24/h4-8,10H,3,9H2,1-2H3,(H,26,28). The van der Waals surface area contributed by atoms with Gasteiger partial charge in [-0.15, -0.1) is 11.8 Å². The number of carbonyl (C=O) groups excluding carboxylic acids is 1. The Hall–Kier alpha value is -2.68. The molecule has 1 N–H and O–H groups in total. The van der Waals surface area contributed by atoms with Gasteiger partial charge in [-0.25, -0.2) is 9.37 Å². The van der Waals surface area contributed by atoms with Crippen LogP contribution < -0.4 is 5.32 Å². The minimum absolute atomic E-state index is 0.0864. The summed E-state index contributed by atoms with van der Waals surface area (Å²) in [6, 6.07) is 6.65. The molecule has 29 heavy (non-hydrogen) atoms. The van der Waals surface area contributed by atoms with Gasteiger partial charge < -0.3 is 5.32 Å². The fourth-order valence-electron chi connectivity index (χ4n) is 2.81. The number of amides is 1. The minimum Gasteiger partial charge on any atom is -0.348 e. The van der Waals surface area contributed by atoms with Crippen molar-refractivity contribution < 1.29 is 22.4 Å². The van der Waals surface area contributed by atoms with Crippen molar-refractivity contribution in [3.8, 4) is 0 Å². The van der Waals surface area contributed by atoms with Gasteiger partial charge in [0.1, 0.15) is 10.8 Å². The lowest BCUT2D eigenvalue weighted by Gasteiger charge is -2.15. The Balaban J connectivity index is 1.98. The third-order valence-corrected chi connectivity index (χ3v) is 5.09. The van der Waals surface area contributed by atoms with Crippen LogP contribution in [-0.2, 0) is 12.7 Å². The Morgan fingerprint density at radius 1 is 1.21 bits per heavy atom. The van der Waals surface area contributed by atoms with Crippen molar-refractivity contribution >= 4 is 28.7 Å². The van der Waals surface area contributed by atoms with Crippen molar-refractivity contribution in [2.45, 2.75) is 31.6 Å². The smallest absolute Gasteiger partial charge is 0.348 e. The molecule has 0 radical (unpaired) electrons. The van der Waals surface area contributed by atoms with Gasteiger partial charge in [-0.1, -0.05) is 19.1 Å². The predicted molar refractivity (Wildman–Crippen MR) is 103 cm³/mol. The second kappa shape index (κ2) is 8.36. The number of benzene rings is 1. The lowest BCUT2D eigenvalue weighted by molar-refractivity contribution is -0.137. The third-order valence-electron chi connectivity index (χ3n) is 4.24. The number of aromatic nitrogens is 2. The van der Waals surface area contributed by atoms with Crippen LogP contribution in [-0.4, -0.2) is 21.6 Å². The van der Waals surface area contributed by atoms with Crippen molar-refractivity contribution in [2.24, 2.45) is 0 Å². The fourth-order valence-corrected chi connectivity index (χ4v) is 3.63. The first kappa shape index (κ1) is 21.0. The molecule has 2 heterocycles. The number of halogens is 4. The molecule has 0 fully saturated rings. The van der Waals surface area contributed by atoms with E-state index >= 15 is 0 Å². The van der Waals surface area contributed by atoms with E-state index in [9.17, 15) is 22.4 Å². The summed E-state index contributed by atoms with van der Waals surface area (Å²) in [6.45, 7) is 3.67. The maximum absolute atomic E-state index is 13.0. The molecule has 9 heteroatoms. The van der Waals surface area contributed by atoms with Gasteiger partial charge in [0.25, 0.3) is 5.91 Å². The maximum Gasteiger partial charge on any atom is 0.417 e. The molecular formula is C20H17F4N3OS.